The topological polar surface area (TPSA) is 105 Å². The van der Waals surface area contributed by atoms with Crippen LogP contribution in [0.15, 0.2) is 12.3 Å². The molecule has 116 valence electrons. The zero-order valence-electron chi connectivity index (χ0n) is 11.0. The predicted octanol–water partition coefficient (Wildman–Crippen LogP) is 3.12. The molecule has 1 aliphatic rings. The normalized spacial score (nSPS) is 21.2. The van der Waals surface area contributed by atoms with Crippen LogP contribution in [-0.4, -0.2) is 27.0 Å². The highest BCUT2D eigenvalue weighted by atomic mass is 35.5. The summed E-state index contributed by atoms with van der Waals surface area (Å²) < 4.78 is 0. The van der Waals surface area contributed by atoms with Gasteiger partial charge in [-0.15, -0.1) is 12.4 Å². The number of carbonyl (C=O) groups is 1. The van der Waals surface area contributed by atoms with Crippen LogP contribution in [0.5, 0.6) is 0 Å². The molecule has 2 rings (SSSR count). The van der Waals surface area contributed by atoms with E-state index in [1.54, 1.807) is 0 Å². The van der Waals surface area contributed by atoms with Gasteiger partial charge in [-0.2, -0.15) is 0 Å². The molecule has 21 heavy (non-hydrogen) atoms. The van der Waals surface area contributed by atoms with Gasteiger partial charge in [-0.3, -0.25) is 14.9 Å². The zero-order valence-corrected chi connectivity index (χ0v) is 12.6. The van der Waals surface area contributed by atoms with Crippen molar-refractivity contribution in [3.63, 3.8) is 0 Å². The average molecular weight is 336 g/mol. The SMILES string of the molecule is Cl.O=C(O)[C@H]1CC[C@H](Nc2cc(Cl)ncc2[N+](=O)[O-])CC1. The van der Waals surface area contributed by atoms with Crippen molar-refractivity contribution in [2.75, 3.05) is 5.32 Å². The maximum Gasteiger partial charge on any atom is 0.310 e. The molecule has 1 saturated carbocycles. The number of halogens is 2. The summed E-state index contributed by atoms with van der Waals surface area (Å²) in [6.45, 7) is 0. The van der Waals surface area contributed by atoms with Crippen molar-refractivity contribution in [3.05, 3.63) is 27.5 Å². The van der Waals surface area contributed by atoms with E-state index in [2.05, 4.69) is 10.3 Å². The number of nitrogens with zero attached hydrogens (tertiary/aromatic N) is 2. The molecule has 1 aromatic heterocycles. The number of anilines is 1. The average Bonchev–Trinajstić information content (AvgIpc) is 2.39. The molecule has 0 aliphatic heterocycles. The van der Waals surface area contributed by atoms with Crippen molar-refractivity contribution in [1.29, 1.82) is 0 Å². The fourth-order valence-electron chi connectivity index (χ4n) is 2.39. The third-order valence-electron chi connectivity index (χ3n) is 3.48. The van der Waals surface area contributed by atoms with Gasteiger partial charge in [0, 0.05) is 12.1 Å². The summed E-state index contributed by atoms with van der Waals surface area (Å²) in [4.78, 5) is 25.0. The molecule has 1 aromatic rings. The number of nitrogens with one attached hydrogen (secondary N) is 1. The second-order valence-corrected chi connectivity index (χ2v) is 5.20. The Bertz CT molecular complexity index is 533. The van der Waals surface area contributed by atoms with Crippen LogP contribution >= 0.6 is 24.0 Å². The van der Waals surface area contributed by atoms with Gasteiger partial charge in [0.15, 0.2) is 0 Å². The van der Waals surface area contributed by atoms with Gasteiger partial charge in [-0.1, -0.05) is 11.6 Å². The van der Waals surface area contributed by atoms with Gasteiger partial charge < -0.3 is 10.4 Å². The Morgan fingerprint density at radius 2 is 2.05 bits per heavy atom. The van der Waals surface area contributed by atoms with Gasteiger partial charge >= 0.3 is 11.7 Å². The maximum atomic E-state index is 10.9. The summed E-state index contributed by atoms with van der Waals surface area (Å²) in [5.74, 6) is -1.09. The third kappa shape index (κ3) is 4.44. The van der Waals surface area contributed by atoms with Crippen LogP contribution < -0.4 is 5.32 Å². The predicted molar refractivity (Wildman–Crippen MR) is 80.2 cm³/mol. The van der Waals surface area contributed by atoms with Crippen LogP contribution in [-0.2, 0) is 4.79 Å². The van der Waals surface area contributed by atoms with Crippen LogP contribution in [0.25, 0.3) is 0 Å². The number of aromatic nitrogens is 1. The second kappa shape index (κ2) is 7.42. The molecular weight excluding hydrogens is 321 g/mol. The molecule has 0 unspecified atom stereocenters. The number of pyridine rings is 1. The van der Waals surface area contributed by atoms with E-state index in [1.165, 1.54) is 6.07 Å². The van der Waals surface area contributed by atoms with E-state index in [1.807, 2.05) is 0 Å². The van der Waals surface area contributed by atoms with Gasteiger partial charge in [0.05, 0.1) is 10.8 Å². The quantitative estimate of drug-likeness (QED) is 0.497. The van der Waals surface area contributed by atoms with Gasteiger partial charge in [0.1, 0.15) is 17.0 Å². The molecule has 7 nitrogen and oxygen atoms in total. The van der Waals surface area contributed by atoms with E-state index in [0.29, 0.717) is 31.4 Å². The lowest BCUT2D eigenvalue weighted by molar-refractivity contribution is -0.384. The van der Waals surface area contributed by atoms with Crippen LogP contribution in [0.4, 0.5) is 11.4 Å². The lowest BCUT2D eigenvalue weighted by Gasteiger charge is -2.27. The molecule has 1 fully saturated rings. The first-order valence-electron chi connectivity index (χ1n) is 6.26. The number of rotatable bonds is 4. The highest BCUT2D eigenvalue weighted by Gasteiger charge is 2.27. The Balaban J connectivity index is 0.00000220. The minimum absolute atomic E-state index is 0. The molecule has 2 N–H and O–H groups in total. The fourth-order valence-corrected chi connectivity index (χ4v) is 2.55. The second-order valence-electron chi connectivity index (χ2n) is 4.81. The number of hydrogen-bond donors (Lipinski definition) is 2. The maximum absolute atomic E-state index is 10.9. The van der Waals surface area contributed by atoms with Crippen molar-refractivity contribution in [1.82, 2.24) is 4.98 Å². The van der Waals surface area contributed by atoms with Gasteiger partial charge in [0.2, 0.25) is 0 Å². The largest absolute Gasteiger partial charge is 0.481 e. The van der Waals surface area contributed by atoms with Gasteiger partial charge in [0.25, 0.3) is 0 Å². The van der Waals surface area contributed by atoms with Crippen LogP contribution in [0.1, 0.15) is 25.7 Å². The molecule has 0 bridgehead atoms. The molecule has 1 heterocycles. The minimum Gasteiger partial charge on any atom is -0.481 e. The standard InChI is InChI=1S/C12H14ClN3O4.ClH/c13-11-5-9(10(6-14-11)16(19)20)15-8-3-1-7(2-4-8)12(17)18;/h5-8H,1-4H2,(H,14,15)(H,17,18);1H/t7-,8-;. The Morgan fingerprint density at radius 1 is 1.43 bits per heavy atom. The summed E-state index contributed by atoms with van der Waals surface area (Å²) >= 11 is 5.75. The summed E-state index contributed by atoms with van der Waals surface area (Å²) in [6.07, 6.45) is 3.58. The molecule has 9 heteroatoms. The summed E-state index contributed by atoms with van der Waals surface area (Å²) in [5, 5.41) is 23.1. The molecule has 0 radical (unpaired) electrons. The number of carboxylic acids is 1. The van der Waals surface area contributed by atoms with E-state index >= 15 is 0 Å². The van der Waals surface area contributed by atoms with Crippen molar-refractivity contribution < 1.29 is 14.8 Å². The van der Waals surface area contributed by atoms with E-state index in [4.69, 9.17) is 16.7 Å². The highest BCUT2D eigenvalue weighted by molar-refractivity contribution is 6.29. The Kier molecular flexibility index (Phi) is 6.17. The summed E-state index contributed by atoms with van der Waals surface area (Å²) in [5.41, 5.74) is 0.198. The molecule has 0 spiro atoms. The highest BCUT2D eigenvalue weighted by Crippen LogP contribution is 2.31. The Hall–Kier alpha value is -1.60. The first kappa shape index (κ1) is 17.5. The van der Waals surface area contributed by atoms with E-state index < -0.39 is 10.9 Å². The van der Waals surface area contributed by atoms with Crippen molar-refractivity contribution in [2.24, 2.45) is 5.92 Å². The van der Waals surface area contributed by atoms with Crippen molar-refractivity contribution >= 4 is 41.4 Å². The van der Waals surface area contributed by atoms with E-state index in [-0.39, 0.29) is 35.2 Å². The summed E-state index contributed by atoms with van der Waals surface area (Å²) in [6, 6.07) is 1.44. The van der Waals surface area contributed by atoms with Crippen LogP contribution in [0.2, 0.25) is 5.15 Å². The van der Waals surface area contributed by atoms with E-state index in [9.17, 15) is 14.9 Å². The number of aliphatic carboxylic acids is 1. The molecule has 0 atom stereocenters. The van der Waals surface area contributed by atoms with Gasteiger partial charge in [-0.05, 0) is 25.7 Å². The van der Waals surface area contributed by atoms with Crippen LogP contribution in [0, 0.1) is 16.0 Å². The third-order valence-corrected chi connectivity index (χ3v) is 3.69. The monoisotopic (exact) mass is 335 g/mol. The number of carboxylic acid groups (broad SMARTS) is 1. The minimum atomic E-state index is -0.776. The lowest BCUT2D eigenvalue weighted by atomic mass is 9.86. The molecule has 0 aromatic carbocycles. The molecule has 0 saturated heterocycles. The molecule has 1 aliphatic carbocycles. The van der Waals surface area contributed by atoms with Crippen molar-refractivity contribution in [3.8, 4) is 0 Å². The molecule has 0 amide bonds. The van der Waals surface area contributed by atoms with Gasteiger partial charge in [-0.25, -0.2) is 4.98 Å². The molecular formula is C12H15Cl2N3O4. The van der Waals surface area contributed by atoms with Crippen molar-refractivity contribution in [2.45, 2.75) is 31.7 Å². The Morgan fingerprint density at radius 3 is 2.57 bits per heavy atom. The number of nitro groups is 1. The Labute approximate surface area is 132 Å². The smallest absolute Gasteiger partial charge is 0.310 e. The number of hydrogen-bond acceptors (Lipinski definition) is 5. The first-order chi connectivity index (χ1) is 9.47. The first-order valence-corrected chi connectivity index (χ1v) is 6.64. The van der Waals surface area contributed by atoms with E-state index in [0.717, 1.165) is 6.20 Å². The van der Waals surface area contributed by atoms with Crippen LogP contribution in [0.3, 0.4) is 0 Å². The summed E-state index contributed by atoms with van der Waals surface area (Å²) in [7, 11) is 0. The fraction of sp³-hybridized carbons (Fsp3) is 0.500. The lowest BCUT2D eigenvalue weighted by Crippen LogP contribution is -2.29. The zero-order chi connectivity index (χ0) is 14.7.